The molecule has 1 saturated heterocycles. The number of carbonyl (C=O) groups is 1. The summed E-state index contributed by atoms with van der Waals surface area (Å²) in [7, 11) is -0.329. The van der Waals surface area contributed by atoms with Crippen LogP contribution in [0, 0.1) is 22.2 Å². The van der Waals surface area contributed by atoms with Crippen molar-refractivity contribution in [2.45, 2.75) is 77.4 Å². The summed E-state index contributed by atoms with van der Waals surface area (Å²) < 4.78 is 12.3. The van der Waals surface area contributed by atoms with Crippen LogP contribution < -0.4 is 0 Å². The van der Waals surface area contributed by atoms with Crippen molar-refractivity contribution in [2.24, 2.45) is 10.8 Å². The zero-order valence-corrected chi connectivity index (χ0v) is 16.4. The van der Waals surface area contributed by atoms with Crippen LogP contribution >= 0.6 is 0 Å². The standard InChI is InChI=1S/C20H29BN2O3/c1-17(2)18(3,4)26-21(25-17)15-7-11-23(12-8-15)16(24)20(14-22)13-19(20)9-5-6-10-19/h7H,5-6,8-13H2,1-4H3. The van der Waals surface area contributed by atoms with Gasteiger partial charge in [0.1, 0.15) is 5.41 Å². The van der Waals surface area contributed by atoms with Crippen LogP contribution in [0.4, 0.5) is 0 Å². The molecular formula is C20H29BN2O3. The average molecular weight is 356 g/mol. The van der Waals surface area contributed by atoms with Crippen LogP contribution in [0.1, 0.15) is 66.2 Å². The minimum absolute atomic E-state index is 0.0193. The van der Waals surface area contributed by atoms with Gasteiger partial charge in [-0.3, -0.25) is 4.79 Å². The smallest absolute Gasteiger partial charge is 0.400 e. The van der Waals surface area contributed by atoms with E-state index in [4.69, 9.17) is 9.31 Å². The van der Waals surface area contributed by atoms with Crippen molar-refractivity contribution in [3.63, 3.8) is 0 Å². The molecule has 2 aliphatic heterocycles. The minimum Gasteiger partial charge on any atom is -0.400 e. The van der Waals surface area contributed by atoms with E-state index < -0.39 is 5.41 Å². The van der Waals surface area contributed by atoms with Gasteiger partial charge in [0, 0.05) is 18.5 Å². The Balaban J connectivity index is 1.44. The Morgan fingerprint density at radius 2 is 1.81 bits per heavy atom. The molecule has 4 rings (SSSR count). The van der Waals surface area contributed by atoms with Crippen molar-refractivity contribution in [1.82, 2.24) is 4.90 Å². The first kappa shape index (κ1) is 18.1. The number of nitrogens with zero attached hydrogens (tertiary/aromatic N) is 2. The summed E-state index contributed by atoms with van der Waals surface area (Å²) in [6.07, 6.45) is 7.96. The van der Waals surface area contributed by atoms with Crippen molar-refractivity contribution in [1.29, 1.82) is 5.26 Å². The summed E-state index contributed by atoms with van der Waals surface area (Å²) in [5, 5.41) is 9.77. The molecule has 3 fully saturated rings. The largest absolute Gasteiger partial charge is 0.490 e. The van der Waals surface area contributed by atoms with E-state index in [0.29, 0.717) is 13.1 Å². The lowest BCUT2D eigenvalue weighted by atomic mass is 9.74. The van der Waals surface area contributed by atoms with E-state index >= 15 is 0 Å². The van der Waals surface area contributed by atoms with Gasteiger partial charge in [0.05, 0.1) is 17.3 Å². The van der Waals surface area contributed by atoms with E-state index in [1.807, 2.05) is 4.90 Å². The monoisotopic (exact) mass is 356 g/mol. The molecule has 1 spiro atoms. The number of hydrogen-bond acceptors (Lipinski definition) is 4. The van der Waals surface area contributed by atoms with Gasteiger partial charge in [-0.05, 0) is 58.9 Å². The van der Waals surface area contributed by atoms with Crippen molar-refractivity contribution in [3.05, 3.63) is 11.5 Å². The fourth-order valence-electron chi connectivity index (χ4n) is 4.97. The molecule has 140 valence electrons. The van der Waals surface area contributed by atoms with Crippen LogP contribution in [0.15, 0.2) is 11.5 Å². The van der Waals surface area contributed by atoms with E-state index in [9.17, 15) is 10.1 Å². The Morgan fingerprint density at radius 1 is 1.19 bits per heavy atom. The highest BCUT2D eigenvalue weighted by atomic mass is 16.7. The third kappa shape index (κ3) is 2.40. The molecule has 26 heavy (non-hydrogen) atoms. The maximum Gasteiger partial charge on any atom is 0.490 e. The van der Waals surface area contributed by atoms with Crippen molar-refractivity contribution in [2.75, 3.05) is 13.1 Å². The lowest BCUT2D eigenvalue weighted by Crippen LogP contribution is -2.43. The molecule has 4 aliphatic rings. The number of carbonyl (C=O) groups excluding carboxylic acids is 1. The molecule has 0 N–H and O–H groups in total. The summed E-state index contributed by atoms with van der Waals surface area (Å²) in [4.78, 5) is 15.0. The Hall–Kier alpha value is -1.32. The topological polar surface area (TPSA) is 62.6 Å². The second kappa shape index (κ2) is 5.59. The van der Waals surface area contributed by atoms with Gasteiger partial charge in [0.2, 0.25) is 5.91 Å². The zero-order chi connectivity index (χ0) is 18.8. The second-order valence-corrected chi connectivity index (χ2v) is 9.55. The van der Waals surface area contributed by atoms with E-state index in [0.717, 1.165) is 44.0 Å². The fraction of sp³-hybridized carbons (Fsp3) is 0.800. The van der Waals surface area contributed by atoms with Crippen LogP contribution in [0.25, 0.3) is 0 Å². The fourth-order valence-corrected chi connectivity index (χ4v) is 4.97. The molecule has 2 saturated carbocycles. The molecule has 0 aromatic heterocycles. The molecule has 0 radical (unpaired) electrons. The molecule has 6 heteroatoms. The molecule has 5 nitrogen and oxygen atoms in total. The third-order valence-electron chi connectivity index (χ3n) is 7.59. The van der Waals surface area contributed by atoms with Gasteiger partial charge >= 0.3 is 7.12 Å². The summed E-state index contributed by atoms with van der Waals surface area (Å²) in [5.74, 6) is 0.0473. The number of nitriles is 1. The van der Waals surface area contributed by atoms with Gasteiger partial charge in [-0.15, -0.1) is 0 Å². The van der Waals surface area contributed by atoms with Crippen LogP contribution in [0.2, 0.25) is 0 Å². The Labute approximate surface area is 156 Å². The summed E-state index contributed by atoms with van der Waals surface area (Å²) in [6, 6.07) is 2.41. The average Bonchev–Trinajstić information content (AvgIpc) is 2.85. The Morgan fingerprint density at radius 3 is 2.31 bits per heavy atom. The van der Waals surface area contributed by atoms with Gasteiger partial charge < -0.3 is 14.2 Å². The molecule has 0 bridgehead atoms. The first-order valence-corrected chi connectivity index (χ1v) is 9.92. The lowest BCUT2D eigenvalue weighted by Gasteiger charge is -2.32. The first-order chi connectivity index (χ1) is 12.2. The van der Waals surface area contributed by atoms with Crippen LogP contribution in [0.3, 0.4) is 0 Å². The van der Waals surface area contributed by atoms with Crippen LogP contribution in [-0.4, -0.2) is 42.2 Å². The van der Waals surface area contributed by atoms with E-state index in [1.165, 1.54) is 0 Å². The predicted molar refractivity (Wildman–Crippen MR) is 98.9 cm³/mol. The normalized spacial score (nSPS) is 33.9. The Kier molecular flexibility index (Phi) is 3.89. The zero-order valence-electron chi connectivity index (χ0n) is 16.4. The van der Waals surface area contributed by atoms with Gasteiger partial charge in [-0.25, -0.2) is 0 Å². The quantitative estimate of drug-likeness (QED) is 0.713. The number of hydrogen-bond donors (Lipinski definition) is 0. The van der Waals surface area contributed by atoms with Crippen molar-refractivity contribution >= 4 is 13.0 Å². The molecule has 1 amide bonds. The lowest BCUT2D eigenvalue weighted by molar-refractivity contribution is -0.135. The molecule has 2 aliphatic carbocycles. The summed E-state index contributed by atoms with van der Waals surface area (Å²) in [6.45, 7) is 9.41. The predicted octanol–water partition coefficient (Wildman–Crippen LogP) is 3.25. The first-order valence-electron chi connectivity index (χ1n) is 9.92. The summed E-state index contributed by atoms with van der Waals surface area (Å²) >= 11 is 0. The highest BCUT2D eigenvalue weighted by Gasteiger charge is 2.73. The van der Waals surface area contributed by atoms with Crippen LogP contribution in [-0.2, 0) is 14.1 Å². The van der Waals surface area contributed by atoms with Crippen LogP contribution in [0.5, 0.6) is 0 Å². The molecule has 0 aromatic rings. The summed E-state index contributed by atoms with van der Waals surface area (Å²) in [5.41, 5.74) is -0.350. The van der Waals surface area contributed by atoms with Crippen molar-refractivity contribution < 1.29 is 14.1 Å². The van der Waals surface area contributed by atoms with E-state index in [1.54, 1.807) is 0 Å². The second-order valence-electron chi connectivity index (χ2n) is 9.55. The molecular weight excluding hydrogens is 327 g/mol. The van der Waals surface area contributed by atoms with Gasteiger partial charge in [-0.1, -0.05) is 18.9 Å². The molecule has 2 heterocycles. The Bertz CT molecular complexity index is 686. The minimum atomic E-state index is -0.751. The number of rotatable bonds is 2. The van der Waals surface area contributed by atoms with Gasteiger partial charge in [0.15, 0.2) is 0 Å². The van der Waals surface area contributed by atoms with E-state index in [2.05, 4.69) is 39.8 Å². The molecule has 1 atom stereocenters. The van der Waals surface area contributed by atoms with Crippen molar-refractivity contribution in [3.8, 4) is 6.07 Å². The van der Waals surface area contributed by atoms with E-state index in [-0.39, 0.29) is 29.6 Å². The van der Waals surface area contributed by atoms with Gasteiger partial charge in [0.25, 0.3) is 0 Å². The number of amides is 1. The highest BCUT2D eigenvalue weighted by Crippen LogP contribution is 2.72. The highest BCUT2D eigenvalue weighted by molar-refractivity contribution is 6.54. The molecule has 0 aromatic carbocycles. The van der Waals surface area contributed by atoms with Gasteiger partial charge in [-0.2, -0.15) is 5.26 Å². The maximum atomic E-state index is 13.1. The maximum absolute atomic E-state index is 13.1. The molecule has 1 unspecified atom stereocenters. The SMILES string of the molecule is CC1(C)OB(C2=CCN(C(=O)C3(C#N)CC34CCCC4)CC2)OC1(C)C. The third-order valence-corrected chi connectivity index (χ3v) is 7.59.